The average Bonchev–Trinajstić information content (AvgIpc) is 3.15. The molecule has 0 aliphatic heterocycles. The molecule has 3 aromatic rings. The van der Waals surface area contributed by atoms with Crippen molar-refractivity contribution in [3.05, 3.63) is 56.5 Å². The molecule has 22 heavy (non-hydrogen) atoms. The van der Waals surface area contributed by atoms with E-state index in [9.17, 15) is 5.26 Å². The summed E-state index contributed by atoms with van der Waals surface area (Å²) < 4.78 is 6.22. The molecule has 0 fully saturated rings. The van der Waals surface area contributed by atoms with Gasteiger partial charge in [0.05, 0.1) is 3.79 Å². The predicted molar refractivity (Wildman–Crippen MR) is 90.0 cm³/mol. The van der Waals surface area contributed by atoms with Crippen molar-refractivity contribution in [1.29, 1.82) is 5.26 Å². The van der Waals surface area contributed by atoms with Gasteiger partial charge in [-0.25, -0.2) is 0 Å². The number of benzene rings is 1. The Morgan fingerprint density at radius 1 is 1.27 bits per heavy atom. The summed E-state index contributed by atoms with van der Waals surface area (Å²) in [5, 5.41) is 13.3. The van der Waals surface area contributed by atoms with Gasteiger partial charge in [0.1, 0.15) is 11.6 Å². The molecular formula is C16H10BrN3OS. The van der Waals surface area contributed by atoms with Crippen LogP contribution in [0.3, 0.4) is 0 Å². The summed E-state index contributed by atoms with van der Waals surface area (Å²) in [7, 11) is 0. The first-order valence-electron chi connectivity index (χ1n) is 6.44. The van der Waals surface area contributed by atoms with Gasteiger partial charge in [-0.05, 0) is 41.1 Å². The maximum absolute atomic E-state index is 9.31. The summed E-state index contributed by atoms with van der Waals surface area (Å²) in [5.41, 5.74) is 2.37. The van der Waals surface area contributed by atoms with Crippen molar-refractivity contribution in [2.75, 3.05) is 0 Å². The molecule has 0 unspecified atom stereocenters. The van der Waals surface area contributed by atoms with Gasteiger partial charge in [0.15, 0.2) is 0 Å². The van der Waals surface area contributed by atoms with Crippen molar-refractivity contribution >= 4 is 38.9 Å². The second-order valence-corrected chi connectivity index (χ2v) is 7.10. The van der Waals surface area contributed by atoms with Crippen LogP contribution in [0.5, 0.6) is 0 Å². The van der Waals surface area contributed by atoms with Crippen molar-refractivity contribution in [3.8, 4) is 17.5 Å². The highest BCUT2D eigenvalue weighted by molar-refractivity contribution is 9.11. The van der Waals surface area contributed by atoms with Crippen LogP contribution in [0.2, 0.25) is 0 Å². The maximum Gasteiger partial charge on any atom is 0.268 e. The van der Waals surface area contributed by atoms with E-state index in [1.54, 1.807) is 6.08 Å². The van der Waals surface area contributed by atoms with Crippen LogP contribution in [0, 0.1) is 18.3 Å². The van der Waals surface area contributed by atoms with Gasteiger partial charge < -0.3 is 4.52 Å². The summed E-state index contributed by atoms with van der Waals surface area (Å²) >= 11 is 4.93. The Morgan fingerprint density at radius 2 is 2.05 bits per heavy atom. The minimum Gasteiger partial charge on any atom is -0.333 e. The van der Waals surface area contributed by atoms with Crippen LogP contribution in [-0.2, 0) is 0 Å². The third-order valence-electron chi connectivity index (χ3n) is 2.97. The molecule has 2 heterocycles. The highest BCUT2D eigenvalue weighted by Gasteiger charge is 2.13. The third kappa shape index (κ3) is 3.16. The summed E-state index contributed by atoms with van der Waals surface area (Å²) in [6.07, 6.45) is 1.74. The number of thiophene rings is 1. The number of aromatic nitrogens is 2. The first-order valence-corrected chi connectivity index (χ1v) is 8.05. The van der Waals surface area contributed by atoms with Crippen LogP contribution in [0.25, 0.3) is 23.0 Å². The Hall–Kier alpha value is -2.23. The monoisotopic (exact) mass is 371 g/mol. The molecule has 2 aromatic heterocycles. The fourth-order valence-corrected chi connectivity index (χ4v) is 3.21. The lowest BCUT2D eigenvalue weighted by atomic mass is 10.1. The zero-order valence-electron chi connectivity index (χ0n) is 11.6. The SMILES string of the molecule is Cc1ccc(-c2noc(/C(C#N)=C/c3ccc(Br)s3)n2)cc1. The Labute approximate surface area is 139 Å². The van der Waals surface area contributed by atoms with Gasteiger partial charge in [0.25, 0.3) is 5.89 Å². The third-order valence-corrected chi connectivity index (χ3v) is 4.54. The van der Waals surface area contributed by atoms with Crippen LogP contribution < -0.4 is 0 Å². The quantitative estimate of drug-likeness (QED) is 0.612. The van der Waals surface area contributed by atoms with Gasteiger partial charge in [-0.3, -0.25) is 0 Å². The number of hydrogen-bond donors (Lipinski definition) is 0. The molecule has 0 saturated carbocycles. The van der Waals surface area contributed by atoms with E-state index in [2.05, 4.69) is 32.1 Å². The second kappa shape index (κ2) is 6.26. The second-order valence-electron chi connectivity index (χ2n) is 4.60. The van der Waals surface area contributed by atoms with Gasteiger partial charge in [0.2, 0.25) is 5.82 Å². The summed E-state index contributed by atoms with van der Waals surface area (Å²) in [5.74, 6) is 0.700. The van der Waals surface area contributed by atoms with Crippen molar-refractivity contribution in [3.63, 3.8) is 0 Å². The van der Waals surface area contributed by atoms with Crippen LogP contribution in [0.1, 0.15) is 16.3 Å². The van der Waals surface area contributed by atoms with Crippen LogP contribution in [0.4, 0.5) is 0 Å². The highest BCUT2D eigenvalue weighted by Crippen LogP contribution is 2.27. The van der Waals surface area contributed by atoms with Crippen LogP contribution >= 0.6 is 27.3 Å². The molecule has 6 heteroatoms. The molecule has 0 bridgehead atoms. The fraction of sp³-hybridized carbons (Fsp3) is 0.0625. The minimum atomic E-state index is 0.225. The van der Waals surface area contributed by atoms with Crippen molar-refractivity contribution in [2.24, 2.45) is 0 Å². The van der Waals surface area contributed by atoms with Gasteiger partial charge in [-0.15, -0.1) is 11.3 Å². The molecule has 0 radical (unpaired) electrons. The Morgan fingerprint density at radius 3 is 2.68 bits per heavy atom. The number of aryl methyl sites for hydroxylation is 1. The average molecular weight is 372 g/mol. The Bertz CT molecular complexity index is 871. The van der Waals surface area contributed by atoms with E-state index in [4.69, 9.17) is 4.52 Å². The van der Waals surface area contributed by atoms with Crippen molar-refractivity contribution in [1.82, 2.24) is 10.1 Å². The number of hydrogen-bond acceptors (Lipinski definition) is 5. The molecule has 108 valence electrons. The molecule has 0 saturated heterocycles. The van der Waals surface area contributed by atoms with E-state index in [0.29, 0.717) is 11.4 Å². The standard InChI is InChI=1S/C16H10BrN3OS/c1-10-2-4-11(5-3-10)15-19-16(21-20-15)12(9-18)8-13-6-7-14(17)22-13/h2-8H,1H3/b12-8+. The smallest absolute Gasteiger partial charge is 0.268 e. The molecular weight excluding hydrogens is 362 g/mol. The largest absolute Gasteiger partial charge is 0.333 e. The zero-order chi connectivity index (χ0) is 15.5. The van der Waals surface area contributed by atoms with Gasteiger partial charge >= 0.3 is 0 Å². The minimum absolute atomic E-state index is 0.225. The van der Waals surface area contributed by atoms with Gasteiger partial charge in [-0.1, -0.05) is 35.0 Å². The van der Waals surface area contributed by atoms with Crippen molar-refractivity contribution < 1.29 is 4.52 Å². The highest BCUT2D eigenvalue weighted by atomic mass is 79.9. The molecule has 1 aromatic carbocycles. The Balaban J connectivity index is 1.93. The predicted octanol–water partition coefficient (Wildman–Crippen LogP) is 4.93. The first kappa shape index (κ1) is 14.7. The molecule has 4 nitrogen and oxygen atoms in total. The number of halogens is 1. The van der Waals surface area contributed by atoms with Gasteiger partial charge in [0, 0.05) is 10.4 Å². The molecule has 0 spiro atoms. The molecule has 0 amide bonds. The molecule has 0 aliphatic rings. The van der Waals surface area contributed by atoms with E-state index < -0.39 is 0 Å². The van der Waals surface area contributed by atoms with Gasteiger partial charge in [-0.2, -0.15) is 10.2 Å². The molecule has 0 aliphatic carbocycles. The number of rotatable bonds is 3. The lowest BCUT2D eigenvalue weighted by Gasteiger charge is -1.94. The molecule has 0 N–H and O–H groups in total. The van der Waals surface area contributed by atoms with E-state index in [0.717, 1.165) is 19.8 Å². The summed E-state index contributed by atoms with van der Waals surface area (Å²) in [6, 6.07) is 13.8. The summed E-state index contributed by atoms with van der Waals surface area (Å²) in [4.78, 5) is 5.25. The summed E-state index contributed by atoms with van der Waals surface area (Å²) in [6.45, 7) is 2.01. The molecule has 0 atom stereocenters. The van der Waals surface area contributed by atoms with E-state index >= 15 is 0 Å². The fourth-order valence-electron chi connectivity index (χ4n) is 1.84. The topological polar surface area (TPSA) is 62.7 Å². The normalized spacial score (nSPS) is 11.4. The lowest BCUT2D eigenvalue weighted by molar-refractivity contribution is 0.409. The first-order chi connectivity index (χ1) is 10.7. The number of allylic oxidation sites excluding steroid dienone is 1. The Kier molecular flexibility index (Phi) is 4.18. The number of nitriles is 1. The maximum atomic E-state index is 9.31. The van der Waals surface area contributed by atoms with Crippen LogP contribution in [-0.4, -0.2) is 10.1 Å². The zero-order valence-corrected chi connectivity index (χ0v) is 14.0. The van der Waals surface area contributed by atoms with Crippen molar-refractivity contribution in [2.45, 2.75) is 6.92 Å². The van der Waals surface area contributed by atoms with E-state index in [1.165, 1.54) is 11.3 Å². The van der Waals surface area contributed by atoms with E-state index in [1.807, 2.05) is 43.3 Å². The van der Waals surface area contributed by atoms with E-state index in [-0.39, 0.29) is 5.89 Å². The number of nitrogens with zero attached hydrogens (tertiary/aromatic N) is 3. The molecule has 3 rings (SSSR count). The van der Waals surface area contributed by atoms with Crippen LogP contribution in [0.15, 0.2) is 44.7 Å². The lowest BCUT2D eigenvalue weighted by Crippen LogP contribution is -1.83.